The maximum atomic E-state index is 11.2. The second-order valence-corrected chi connectivity index (χ2v) is 5.12. The minimum atomic E-state index is 0.190. The Morgan fingerprint density at radius 3 is 2.37 bits per heavy atom. The van der Waals surface area contributed by atoms with Crippen LogP contribution in [0.2, 0.25) is 0 Å². The third-order valence-electron chi connectivity index (χ3n) is 3.57. The van der Waals surface area contributed by atoms with Gasteiger partial charge in [-0.3, -0.25) is 9.69 Å². The van der Waals surface area contributed by atoms with E-state index in [-0.39, 0.29) is 5.91 Å². The molecule has 0 bridgehead atoms. The van der Waals surface area contributed by atoms with Gasteiger partial charge in [0.05, 0.1) is 0 Å². The predicted molar refractivity (Wildman–Crippen MR) is 78.9 cm³/mol. The Kier molecular flexibility index (Phi) is 4.74. The molecule has 19 heavy (non-hydrogen) atoms. The zero-order valence-electron chi connectivity index (χ0n) is 11.8. The van der Waals surface area contributed by atoms with Crippen molar-refractivity contribution in [1.82, 2.24) is 9.80 Å². The Hall–Kier alpha value is -1.61. The first kappa shape index (κ1) is 13.8. The van der Waals surface area contributed by atoms with Crippen LogP contribution in [-0.4, -0.2) is 48.4 Å². The lowest BCUT2D eigenvalue weighted by Gasteiger charge is -2.33. The highest BCUT2D eigenvalue weighted by molar-refractivity contribution is 5.73. The van der Waals surface area contributed by atoms with Gasteiger partial charge < -0.3 is 4.90 Å². The van der Waals surface area contributed by atoms with Crippen molar-refractivity contribution in [2.75, 3.05) is 32.7 Å². The van der Waals surface area contributed by atoms with Crippen LogP contribution >= 0.6 is 0 Å². The molecule has 1 fully saturated rings. The molecule has 0 unspecified atom stereocenters. The van der Waals surface area contributed by atoms with Crippen LogP contribution in [0.4, 0.5) is 0 Å². The van der Waals surface area contributed by atoms with E-state index < -0.39 is 0 Å². The van der Waals surface area contributed by atoms with E-state index in [2.05, 4.69) is 48.2 Å². The van der Waals surface area contributed by atoms with Gasteiger partial charge in [-0.25, -0.2) is 0 Å². The van der Waals surface area contributed by atoms with Crippen molar-refractivity contribution >= 4 is 12.0 Å². The van der Waals surface area contributed by atoms with Crippen molar-refractivity contribution in [3.8, 4) is 0 Å². The molecular weight excluding hydrogens is 236 g/mol. The quantitative estimate of drug-likeness (QED) is 0.829. The fraction of sp³-hybridized carbons (Fsp3) is 0.438. The number of hydrogen-bond donors (Lipinski definition) is 0. The van der Waals surface area contributed by atoms with E-state index in [0.29, 0.717) is 0 Å². The second kappa shape index (κ2) is 6.53. The molecule has 0 atom stereocenters. The maximum absolute atomic E-state index is 11.2. The standard InChI is InChI=1S/C16H22N2O/c1-14-5-7-16(8-6-14)4-3-9-17-10-12-18(13-11-17)15(2)19/h3-8H,9-13H2,1-2H3. The summed E-state index contributed by atoms with van der Waals surface area (Å²) in [5.41, 5.74) is 2.53. The van der Waals surface area contributed by atoms with E-state index in [9.17, 15) is 4.79 Å². The highest BCUT2D eigenvalue weighted by Crippen LogP contribution is 2.06. The van der Waals surface area contributed by atoms with Crippen LogP contribution in [0.15, 0.2) is 30.3 Å². The molecule has 1 aliphatic rings. The summed E-state index contributed by atoms with van der Waals surface area (Å²) in [4.78, 5) is 15.5. The fourth-order valence-corrected chi connectivity index (χ4v) is 2.26. The number of benzene rings is 1. The van der Waals surface area contributed by atoms with Gasteiger partial charge >= 0.3 is 0 Å². The van der Waals surface area contributed by atoms with E-state index >= 15 is 0 Å². The van der Waals surface area contributed by atoms with Gasteiger partial charge in [-0.15, -0.1) is 0 Å². The van der Waals surface area contributed by atoms with Gasteiger partial charge in [0.1, 0.15) is 0 Å². The number of carbonyl (C=O) groups is 1. The molecule has 1 amide bonds. The number of hydrogen-bond acceptors (Lipinski definition) is 2. The summed E-state index contributed by atoms with van der Waals surface area (Å²) in [5.74, 6) is 0.190. The normalized spacial score (nSPS) is 17.1. The predicted octanol–water partition coefficient (Wildman–Crippen LogP) is 2.17. The van der Waals surface area contributed by atoms with Crippen LogP contribution in [0, 0.1) is 6.92 Å². The van der Waals surface area contributed by atoms with Gasteiger partial charge in [0.25, 0.3) is 0 Å². The summed E-state index contributed by atoms with van der Waals surface area (Å²) in [6, 6.07) is 8.54. The highest BCUT2D eigenvalue weighted by atomic mass is 16.2. The van der Waals surface area contributed by atoms with Crippen molar-refractivity contribution in [2.45, 2.75) is 13.8 Å². The van der Waals surface area contributed by atoms with Crippen LogP contribution in [0.5, 0.6) is 0 Å². The Morgan fingerprint density at radius 2 is 1.79 bits per heavy atom. The lowest BCUT2D eigenvalue weighted by Crippen LogP contribution is -2.47. The first-order valence-electron chi connectivity index (χ1n) is 6.86. The lowest BCUT2D eigenvalue weighted by atomic mass is 10.1. The molecule has 0 spiro atoms. The van der Waals surface area contributed by atoms with Crippen molar-refractivity contribution < 1.29 is 4.79 Å². The molecular formula is C16H22N2O. The Bertz CT molecular complexity index is 442. The smallest absolute Gasteiger partial charge is 0.219 e. The van der Waals surface area contributed by atoms with Gasteiger partial charge in [-0.2, -0.15) is 0 Å². The summed E-state index contributed by atoms with van der Waals surface area (Å²) >= 11 is 0. The number of carbonyl (C=O) groups excluding carboxylic acids is 1. The molecule has 1 aromatic rings. The molecule has 1 aromatic carbocycles. The molecule has 102 valence electrons. The van der Waals surface area contributed by atoms with Crippen molar-refractivity contribution in [1.29, 1.82) is 0 Å². The van der Waals surface area contributed by atoms with Gasteiger partial charge in [-0.05, 0) is 12.5 Å². The average Bonchev–Trinajstić information content (AvgIpc) is 2.41. The van der Waals surface area contributed by atoms with Gasteiger partial charge in [0.2, 0.25) is 5.91 Å². The van der Waals surface area contributed by atoms with Crippen LogP contribution in [0.25, 0.3) is 6.08 Å². The van der Waals surface area contributed by atoms with Gasteiger partial charge in [-0.1, -0.05) is 42.0 Å². The molecule has 3 nitrogen and oxygen atoms in total. The zero-order valence-corrected chi connectivity index (χ0v) is 11.8. The van der Waals surface area contributed by atoms with Crippen molar-refractivity contribution in [2.24, 2.45) is 0 Å². The second-order valence-electron chi connectivity index (χ2n) is 5.12. The van der Waals surface area contributed by atoms with Crippen LogP contribution in [0.1, 0.15) is 18.1 Å². The first-order chi connectivity index (χ1) is 9.15. The summed E-state index contributed by atoms with van der Waals surface area (Å²) < 4.78 is 0. The van der Waals surface area contributed by atoms with Crippen molar-refractivity contribution in [3.63, 3.8) is 0 Å². The van der Waals surface area contributed by atoms with E-state index in [1.165, 1.54) is 11.1 Å². The van der Waals surface area contributed by atoms with Crippen molar-refractivity contribution in [3.05, 3.63) is 41.5 Å². The summed E-state index contributed by atoms with van der Waals surface area (Å²) in [5, 5.41) is 0. The van der Waals surface area contributed by atoms with Crippen LogP contribution in [0.3, 0.4) is 0 Å². The number of aryl methyl sites for hydroxylation is 1. The Morgan fingerprint density at radius 1 is 1.16 bits per heavy atom. The molecule has 0 N–H and O–H groups in total. The van der Waals surface area contributed by atoms with Crippen LogP contribution < -0.4 is 0 Å². The number of amides is 1. The average molecular weight is 258 g/mol. The summed E-state index contributed by atoms with van der Waals surface area (Å²) in [6.45, 7) is 8.35. The summed E-state index contributed by atoms with van der Waals surface area (Å²) in [6.07, 6.45) is 4.37. The number of rotatable bonds is 3. The first-order valence-corrected chi connectivity index (χ1v) is 6.86. The molecule has 2 rings (SSSR count). The molecule has 1 saturated heterocycles. The molecule has 0 aliphatic carbocycles. The van der Waals surface area contributed by atoms with E-state index in [1.54, 1.807) is 6.92 Å². The Balaban J connectivity index is 1.77. The highest BCUT2D eigenvalue weighted by Gasteiger charge is 2.16. The molecule has 1 heterocycles. The third kappa shape index (κ3) is 4.21. The monoisotopic (exact) mass is 258 g/mol. The number of piperazine rings is 1. The molecule has 0 radical (unpaired) electrons. The third-order valence-corrected chi connectivity index (χ3v) is 3.57. The maximum Gasteiger partial charge on any atom is 0.219 e. The Labute approximate surface area is 115 Å². The topological polar surface area (TPSA) is 23.6 Å². The molecule has 0 saturated carbocycles. The number of nitrogens with zero attached hydrogens (tertiary/aromatic N) is 2. The van der Waals surface area contributed by atoms with Gasteiger partial charge in [0.15, 0.2) is 0 Å². The minimum absolute atomic E-state index is 0.190. The summed E-state index contributed by atoms with van der Waals surface area (Å²) in [7, 11) is 0. The largest absolute Gasteiger partial charge is 0.340 e. The lowest BCUT2D eigenvalue weighted by molar-refractivity contribution is -0.130. The van der Waals surface area contributed by atoms with E-state index in [1.807, 2.05) is 4.90 Å². The molecule has 3 heteroatoms. The van der Waals surface area contributed by atoms with E-state index in [4.69, 9.17) is 0 Å². The zero-order chi connectivity index (χ0) is 13.7. The van der Waals surface area contributed by atoms with Crippen LogP contribution in [-0.2, 0) is 4.79 Å². The van der Waals surface area contributed by atoms with Gasteiger partial charge in [0, 0.05) is 39.6 Å². The minimum Gasteiger partial charge on any atom is -0.340 e. The SMILES string of the molecule is CC(=O)N1CCN(CC=Cc2ccc(C)cc2)CC1. The molecule has 0 aromatic heterocycles. The van der Waals surface area contributed by atoms with E-state index in [0.717, 1.165) is 32.7 Å². The fourth-order valence-electron chi connectivity index (χ4n) is 2.26. The molecule has 1 aliphatic heterocycles.